The van der Waals surface area contributed by atoms with Gasteiger partial charge in [0, 0.05) is 60.8 Å². The van der Waals surface area contributed by atoms with E-state index in [1.54, 1.807) is 25.3 Å². The van der Waals surface area contributed by atoms with Crippen molar-refractivity contribution in [2.75, 3.05) is 25.5 Å². The Bertz CT molecular complexity index is 1790. The zero-order valence-corrected chi connectivity index (χ0v) is 26.0. The van der Waals surface area contributed by atoms with Crippen LogP contribution in [-0.2, 0) is 13.6 Å². The quantitative estimate of drug-likeness (QED) is 0.241. The number of aliphatic hydroxyl groups excluding tert-OH is 1. The number of anilines is 1. The van der Waals surface area contributed by atoms with Gasteiger partial charge in [0.1, 0.15) is 5.56 Å². The van der Waals surface area contributed by atoms with E-state index in [2.05, 4.69) is 27.2 Å². The van der Waals surface area contributed by atoms with Crippen LogP contribution in [0.5, 0.6) is 5.88 Å². The highest BCUT2D eigenvalue weighted by Gasteiger charge is 2.30. The number of aliphatic hydroxyl groups is 1. The zero-order valence-electron chi connectivity index (χ0n) is 24.5. The average molecular weight is 636 g/mol. The van der Waals surface area contributed by atoms with E-state index in [-0.39, 0.29) is 16.6 Å². The highest BCUT2D eigenvalue weighted by atomic mass is 35.5. The van der Waals surface area contributed by atoms with Gasteiger partial charge in [-0.15, -0.1) is 0 Å². The highest BCUT2D eigenvalue weighted by Crippen LogP contribution is 2.41. The lowest BCUT2D eigenvalue weighted by Gasteiger charge is -2.19. The van der Waals surface area contributed by atoms with Crippen LogP contribution >= 0.6 is 23.2 Å². The summed E-state index contributed by atoms with van der Waals surface area (Å²) in [6, 6.07) is 15.7. The van der Waals surface area contributed by atoms with Gasteiger partial charge in [-0.1, -0.05) is 66.2 Å². The number of aryl methyl sites for hydroxylation is 1. The maximum atomic E-state index is 12.9. The smallest absolute Gasteiger partial charge is 0.279 e. The molecule has 0 bridgehead atoms. The number of nitrogens with zero attached hydrogens (tertiary/aromatic N) is 4. The first kappa shape index (κ1) is 31.2. The van der Waals surface area contributed by atoms with Gasteiger partial charge in [-0.2, -0.15) is 5.10 Å². The second-order valence-electron chi connectivity index (χ2n) is 10.5. The van der Waals surface area contributed by atoms with Gasteiger partial charge in [0.2, 0.25) is 5.88 Å². The number of methoxy groups -OCH3 is 1. The maximum absolute atomic E-state index is 12.9. The number of hydrogen-bond donors (Lipinski definition) is 3. The monoisotopic (exact) mass is 634 g/mol. The van der Waals surface area contributed by atoms with E-state index < -0.39 is 17.6 Å². The maximum Gasteiger partial charge on any atom is 0.279 e. The molecular formula is C32H32Cl2N6O4. The molecule has 1 aliphatic rings. The first-order valence-electron chi connectivity index (χ1n) is 13.9. The molecule has 44 heavy (non-hydrogen) atoms. The van der Waals surface area contributed by atoms with Crippen LogP contribution in [0.4, 0.5) is 5.69 Å². The molecule has 228 valence electrons. The van der Waals surface area contributed by atoms with E-state index in [0.29, 0.717) is 58.6 Å². The van der Waals surface area contributed by atoms with Crippen molar-refractivity contribution in [2.45, 2.75) is 25.6 Å². The molecule has 2 aromatic heterocycles. The number of nitrogens with one attached hydrogen (secondary N) is 2. The number of allylic oxidation sites excluding steroid dienone is 1. The minimum Gasteiger partial charge on any atom is -0.481 e. The average Bonchev–Trinajstić information content (AvgIpc) is 3.39. The number of ether oxygens (including phenoxy) is 1. The van der Waals surface area contributed by atoms with E-state index in [1.807, 2.05) is 37.3 Å². The summed E-state index contributed by atoms with van der Waals surface area (Å²) in [5.41, 5.74) is 3.98. The molecule has 4 aromatic rings. The number of pyridine rings is 1. The number of aromatic nitrogens is 3. The van der Waals surface area contributed by atoms with Crippen LogP contribution in [0.25, 0.3) is 22.4 Å². The summed E-state index contributed by atoms with van der Waals surface area (Å²) in [4.78, 5) is 32.0. The number of hydrogen-bond acceptors (Lipinski definition) is 8. The number of likely N-dealkylation sites (tertiary alicyclic amines) is 1. The Morgan fingerprint density at radius 2 is 1.77 bits per heavy atom. The van der Waals surface area contributed by atoms with E-state index in [4.69, 9.17) is 32.9 Å². The van der Waals surface area contributed by atoms with Crippen LogP contribution < -0.4 is 20.9 Å². The third-order valence-electron chi connectivity index (χ3n) is 7.58. The first-order valence-corrected chi connectivity index (χ1v) is 14.6. The second-order valence-corrected chi connectivity index (χ2v) is 11.3. The van der Waals surface area contributed by atoms with Gasteiger partial charge >= 0.3 is 0 Å². The number of benzene rings is 2. The fourth-order valence-electron chi connectivity index (χ4n) is 5.11. The van der Waals surface area contributed by atoms with Gasteiger partial charge in [0.25, 0.3) is 11.5 Å². The Labute approximate surface area is 264 Å². The van der Waals surface area contributed by atoms with Crippen LogP contribution in [0.3, 0.4) is 0 Å². The number of β-amino-alcohol motifs (C(OH)–C–C–N with tert-alkyl or cyclic N) is 1. The van der Waals surface area contributed by atoms with Gasteiger partial charge in [0.05, 0.1) is 40.7 Å². The van der Waals surface area contributed by atoms with Crippen molar-refractivity contribution >= 4 is 34.8 Å². The lowest BCUT2D eigenvalue weighted by molar-refractivity contribution is 0.102. The van der Waals surface area contributed by atoms with E-state index in [9.17, 15) is 14.7 Å². The van der Waals surface area contributed by atoms with Crippen LogP contribution in [-0.4, -0.2) is 63.0 Å². The summed E-state index contributed by atoms with van der Waals surface area (Å²) in [7, 11) is 3.03. The van der Waals surface area contributed by atoms with Crippen LogP contribution in [0.15, 0.2) is 77.9 Å². The van der Waals surface area contributed by atoms with E-state index in [1.165, 1.54) is 19.3 Å². The van der Waals surface area contributed by atoms with Crippen molar-refractivity contribution in [1.29, 1.82) is 0 Å². The molecule has 0 saturated carbocycles. The lowest BCUT2D eigenvalue weighted by Crippen LogP contribution is -2.38. The number of amides is 1. The molecule has 1 aliphatic heterocycles. The van der Waals surface area contributed by atoms with Crippen molar-refractivity contribution in [3.05, 3.63) is 105 Å². The van der Waals surface area contributed by atoms with Gasteiger partial charge in [-0.25, -0.2) is 9.67 Å². The Balaban J connectivity index is 1.39. The van der Waals surface area contributed by atoms with Crippen molar-refractivity contribution in [3.63, 3.8) is 0 Å². The topological polar surface area (TPSA) is 122 Å². The molecule has 0 unspecified atom stereocenters. The molecule has 1 saturated heterocycles. The molecule has 0 spiro atoms. The minimum atomic E-state index is -0.603. The fourth-order valence-corrected chi connectivity index (χ4v) is 5.71. The predicted octanol–water partition coefficient (Wildman–Crippen LogP) is 4.75. The number of rotatable bonds is 9. The summed E-state index contributed by atoms with van der Waals surface area (Å²) in [5.74, 6) is -0.168. The van der Waals surface area contributed by atoms with E-state index in [0.717, 1.165) is 15.9 Å². The summed E-state index contributed by atoms with van der Waals surface area (Å²) in [6.07, 6.45) is 0.872. The molecule has 2 aromatic carbocycles. The van der Waals surface area contributed by atoms with Gasteiger partial charge < -0.3 is 25.4 Å². The SMILES string of the molecule is C=C(C)N1C[C@@H](O)[C@H](NCc2ccc(-c3cccc(-c4cccc(NC(=O)c5ccnn(C)c5=O)c4Cl)c3Cl)nc2OC)C1. The highest BCUT2D eigenvalue weighted by molar-refractivity contribution is 6.39. The second kappa shape index (κ2) is 13.2. The molecule has 5 rings (SSSR count). The molecule has 10 nitrogen and oxygen atoms in total. The number of carbonyl (C=O) groups is 1. The Morgan fingerprint density at radius 1 is 1.07 bits per heavy atom. The van der Waals surface area contributed by atoms with Gasteiger partial charge in [0.15, 0.2) is 0 Å². The van der Waals surface area contributed by atoms with Crippen molar-refractivity contribution < 1.29 is 14.6 Å². The lowest BCUT2D eigenvalue weighted by atomic mass is 10.00. The molecular weight excluding hydrogens is 603 g/mol. The molecule has 3 N–H and O–H groups in total. The van der Waals surface area contributed by atoms with E-state index >= 15 is 0 Å². The summed E-state index contributed by atoms with van der Waals surface area (Å²) in [5, 5.41) is 21.1. The largest absolute Gasteiger partial charge is 0.481 e. The molecule has 0 radical (unpaired) electrons. The molecule has 12 heteroatoms. The normalized spacial score (nSPS) is 16.2. The Hall–Kier alpha value is -4.22. The summed E-state index contributed by atoms with van der Waals surface area (Å²) in [6.45, 7) is 7.56. The predicted molar refractivity (Wildman–Crippen MR) is 172 cm³/mol. The third kappa shape index (κ3) is 6.34. The van der Waals surface area contributed by atoms with Crippen molar-refractivity contribution in [3.8, 4) is 28.3 Å². The molecule has 0 aliphatic carbocycles. The van der Waals surface area contributed by atoms with Gasteiger partial charge in [-0.05, 0) is 25.1 Å². The summed E-state index contributed by atoms with van der Waals surface area (Å²) < 4.78 is 6.70. The minimum absolute atomic E-state index is 0.0593. The Kier molecular flexibility index (Phi) is 9.36. The van der Waals surface area contributed by atoms with Crippen LogP contribution in [0, 0.1) is 0 Å². The van der Waals surface area contributed by atoms with Crippen LogP contribution in [0.2, 0.25) is 10.0 Å². The number of carbonyl (C=O) groups excluding carboxylic acids is 1. The van der Waals surface area contributed by atoms with Gasteiger partial charge in [-0.3, -0.25) is 9.59 Å². The molecule has 1 amide bonds. The summed E-state index contributed by atoms with van der Waals surface area (Å²) >= 11 is 13.7. The third-order valence-corrected chi connectivity index (χ3v) is 8.39. The van der Waals surface area contributed by atoms with Crippen molar-refractivity contribution in [2.24, 2.45) is 7.05 Å². The first-order chi connectivity index (χ1) is 21.1. The fraction of sp³-hybridized carbons (Fsp3) is 0.250. The standard InChI is InChI=1S/C32H32Cl2N6O4/c1-18(2)40-16-26(27(41)17-40)35-15-19-11-12-24(38-31(19)44-4)22-9-5-7-20(28(22)33)21-8-6-10-25(29(21)34)37-30(42)23-13-14-36-39(3)32(23)43/h5-14,26-27,35,41H,1,15-17H2,2-4H3,(H,37,42)/t26-,27-/m1/s1. The van der Waals surface area contributed by atoms with Crippen LogP contribution in [0.1, 0.15) is 22.8 Å². The Morgan fingerprint density at radius 3 is 2.48 bits per heavy atom. The molecule has 3 heterocycles. The molecule has 1 fully saturated rings. The number of halogens is 2. The zero-order chi connectivity index (χ0) is 31.5. The molecule has 2 atom stereocenters. The van der Waals surface area contributed by atoms with Crippen molar-refractivity contribution in [1.82, 2.24) is 25.0 Å².